The van der Waals surface area contributed by atoms with Crippen molar-refractivity contribution in [3.63, 3.8) is 0 Å². The van der Waals surface area contributed by atoms with Crippen LogP contribution in [0.5, 0.6) is 0 Å². The second kappa shape index (κ2) is 12.7. The minimum absolute atomic E-state index is 0.562. The van der Waals surface area contributed by atoms with Gasteiger partial charge in [-0.15, -0.1) is 11.8 Å². The highest BCUT2D eigenvalue weighted by atomic mass is 32.2. The number of nitrogens with zero attached hydrogens (tertiary/aromatic N) is 2. The van der Waals surface area contributed by atoms with E-state index in [9.17, 15) is 0 Å². The van der Waals surface area contributed by atoms with E-state index >= 15 is 0 Å². The molecule has 3 heteroatoms. The fourth-order valence-electron chi connectivity index (χ4n) is 8.75. The first-order valence-corrected chi connectivity index (χ1v) is 19.4. The Morgan fingerprint density at radius 3 is 1.79 bits per heavy atom. The van der Waals surface area contributed by atoms with Crippen LogP contribution in [-0.4, -0.2) is 10.8 Å². The molecule has 0 aliphatic carbocycles. The molecule has 1 aromatic heterocycles. The highest BCUT2D eigenvalue weighted by molar-refractivity contribution is 7.98. The largest absolute Gasteiger partial charge is 0.311 e. The first-order chi connectivity index (χ1) is 26.3. The highest BCUT2D eigenvalue weighted by Gasteiger charge is 2.46. The summed E-state index contributed by atoms with van der Waals surface area (Å²) in [7, 11) is 0. The van der Waals surface area contributed by atoms with Crippen molar-refractivity contribution in [2.45, 2.75) is 10.3 Å². The lowest BCUT2D eigenvalue weighted by molar-refractivity contribution is 0.712. The molecule has 0 amide bonds. The lowest BCUT2D eigenvalue weighted by atomic mass is 9.63. The van der Waals surface area contributed by atoms with Gasteiger partial charge in [-0.2, -0.15) is 0 Å². The third kappa shape index (κ3) is 4.81. The molecule has 10 rings (SSSR count). The summed E-state index contributed by atoms with van der Waals surface area (Å²) in [6, 6.07) is 73.3. The van der Waals surface area contributed by atoms with Crippen molar-refractivity contribution in [1.29, 1.82) is 0 Å². The topological polar surface area (TPSA) is 8.17 Å². The molecule has 8 aromatic carbocycles. The van der Waals surface area contributed by atoms with Gasteiger partial charge in [-0.1, -0.05) is 140 Å². The van der Waals surface area contributed by atoms with E-state index in [1.54, 1.807) is 0 Å². The molecule has 53 heavy (non-hydrogen) atoms. The van der Waals surface area contributed by atoms with Crippen LogP contribution in [0.25, 0.3) is 38.6 Å². The predicted molar refractivity (Wildman–Crippen MR) is 225 cm³/mol. The number of anilines is 3. The summed E-state index contributed by atoms with van der Waals surface area (Å²) in [6.07, 6.45) is 2.20. The molecule has 9 aromatic rings. The first-order valence-electron chi connectivity index (χ1n) is 18.1. The predicted octanol–water partition coefficient (Wildman–Crippen LogP) is 13.3. The zero-order valence-electron chi connectivity index (χ0n) is 29.4. The van der Waals surface area contributed by atoms with Gasteiger partial charge in [0.1, 0.15) is 0 Å². The van der Waals surface area contributed by atoms with E-state index in [2.05, 4.69) is 216 Å². The molecular formula is C50H36N2S. The van der Waals surface area contributed by atoms with Gasteiger partial charge in [-0.05, 0) is 100 Å². The van der Waals surface area contributed by atoms with E-state index in [1.165, 1.54) is 65.8 Å². The van der Waals surface area contributed by atoms with Crippen molar-refractivity contribution in [3.8, 4) is 16.8 Å². The molecule has 0 bridgehead atoms. The minimum Gasteiger partial charge on any atom is -0.311 e. The Balaban J connectivity index is 1.20. The Kier molecular flexibility index (Phi) is 7.56. The van der Waals surface area contributed by atoms with Crippen LogP contribution in [0.15, 0.2) is 205 Å². The lowest BCUT2D eigenvalue weighted by Crippen LogP contribution is -2.36. The molecule has 0 saturated carbocycles. The Labute approximate surface area is 314 Å². The zero-order chi connectivity index (χ0) is 35.4. The number of fused-ring (bicyclic) bond motifs is 5. The molecular weight excluding hydrogens is 661 g/mol. The summed E-state index contributed by atoms with van der Waals surface area (Å²) in [4.78, 5) is 3.59. The molecule has 1 unspecified atom stereocenters. The summed E-state index contributed by atoms with van der Waals surface area (Å²) in [6.45, 7) is 0. The third-order valence-electron chi connectivity index (χ3n) is 10.9. The molecule has 1 aliphatic rings. The maximum absolute atomic E-state index is 2.50. The molecule has 0 saturated heterocycles. The van der Waals surface area contributed by atoms with Crippen molar-refractivity contribution in [2.24, 2.45) is 0 Å². The number of aromatic nitrogens is 1. The number of hydrogen-bond acceptors (Lipinski definition) is 2. The molecule has 252 valence electrons. The lowest BCUT2D eigenvalue weighted by Gasteiger charge is -2.42. The first kappa shape index (κ1) is 31.4. The molecule has 0 fully saturated rings. The van der Waals surface area contributed by atoms with Crippen LogP contribution in [0.2, 0.25) is 0 Å². The Morgan fingerprint density at radius 1 is 0.453 bits per heavy atom. The van der Waals surface area contributed by atoms with Gasteiger partial charge in [0.05, 0.1) is 22.1 Å². The normalized spacial score (nSPS) is 14.7. The van der Waals surface area contributed by atoms with Crippen LogP contribution in [0.1, 0.15) is 22.3 Å². The van der Waals surface area contributed by atoms with Crippen LogP contribution in [-0.2, 0) is 5.41 Å². The Bertz CT molecular complexity index is 2730. The van der Waals surface area contributed by atoms with Crippen LogP contribution in [0, 0.1) is 0 Å². The molecule has 1 aliphatic heterocycles. The molecule has 0 N–H and O–H groups in total. The van der Waals surface area contributed by atoms with Gasteiger partial charge in [-0.25, -0.2) is 0 Å². The van der Waals surface area contributed by atoms with Crippen LogP contribution >= 0.6 is 11.8 Å². The second-order valence-corrected chi connectivity index (χ2v) is 14.5. The summed E-state index contributed by atoms with van der Waals surface area (Å²) in [5.74, 6) is 0. The van der Waals surface area contributed by atoms with Crippen molar-refractivity contribution >= 4 is 50.6 Å². The van der Waals surface area contributed by atoms with Crippen molar-refractivity contribution in [1.82, 2.24) is 4.57 Å². The number of hydrogen-bond donors (Lipinski definition) is 0. The average molecular weight is 697 g/mol. The number of thioether (sulfide) groups is 1. The maximum Gasteiger partial charge on any atom is 0.0753 e. The zero-order valence-corrected chi connectivity index (χ0v) is 30.2. The summed E-state index contributed by atoms with van der Waals surface area (Å²) in [5.41, 5.74) is 14.1. The van der Waals surface area contributed by atoms with Gasteiger partial charge in [0.15, 0.2) is 0 Å². The smallest absolute Gasteiger partial charge is 0.0753 e. The molecule has 2 heterocycles. The fraction of sp³-hybridized carbons (Fsp3) is 0.0400. The van der Waals surface area contributed by atoms with Gasteiger partial charge in [-0.3, -0.25) is 0 Å². The van der Waals surface area contributed by atoms with Gasteiger partial charge >= 0.3 is 0 Å². The Hall–Kier alpha value is -6.29. The summed E-state index contributed by atoms with van der Waals surface area (Å²) < 4.78 is 2.50. The van der Waals surface area contributed by atoms with E-state index in [1.807, 2.05) is 11.8 Å². The van der Waals surface area contributed by atoms with Crippen molar-refractivity contribution in [2.75, 3.05) is 11.2 Å². The van der Waals surface area contributed by atoms with Gasteiger partial charge in [0.2, 0.25) is 0 Å². The number of benzene rings is 8. The molecule has 2 nitrogen and oxygen atoms in total. The Morgan fingerprint density at radius 2 is 1.04 bits per heavy atom. The second-order valence-electron chi connectivity index (χ2n) is 13.7. The van der Waals surface area contributed by atoms with Gasteiger partial charge in [0, 0.05) is 32.7 Å². The van der Waals surface area contributed by atoms with E-state index in [4.69, 9.17) is 0 Å². The van der Waals surface area contributed by atoms with Crippen molar-refractivity contribution < 1.29 is 0 Å². The van der Waals surface area contributed by atoms with Crippen molar-refractivity contribution in [3.05, 3.63) is 222 Å². The average Bonchev–Trinajstić information content (AvgIpc) is 3.58. The summed E-state index contributed by atoms with van der Waals surface area (Å²) in [5, 5.41) is 2.56. The fourth-order valence-corrected chi connectivity index (χ4v) is 9.41. The quantitative estimate of drug-likeness (QED) is 0.153. The summed E-state index contributed by atoms with van der Waals surface area (Å²) >= 11 is 1.82. The number of para-hydroxylation sites is 5. The van der Waals surface area contributed by atoms with E-state index < -0.39 is 5.41 Å². The molecule has 0 radical (unpaired) electrons. The maximum atomic E-state index is 2.50. The third-order valence-corrected chi connectivity index (χ3v) is 11.7. The van der Waals surface area contributed by atoms with Gasteiger partial charge < -0.3 is 9.47 Å². The SMILES string of the molecule is CSc1ccccc1C1(c2cccc(-c3ccc(N(c4ccccc4)c4ccccc4)cc3)c2)c2ccccc2-n2c3ccccc3c3cccc1c32. The van der Waals surface area contributed by atoms with E-state index in [0.29, 0.717) is 0 Å². The number of rotatable bonds is 7. The van der Waals surface area contributed by atoms with Crippen LogP contribution < -0.4 is 4.90 Å². The van der Waals surface area contributed by atoms with Crippen LogP contribution in [0.4, 0.5) is 17.1 Å². The molecule has 1 atom stereocenters. The molecule has 0 spiro atoms. The van der Waals surface area contributed by atoms with E-state index in [0.717, 1.165) is 17.1 Å². The highest BCUT2D eigenvalue weighted by Crippen LogP contribution is 2.56. The van der Waals surface area contributed by atoms with Crippen LogP contribution in [0.3, 0.4) is 0 Å². The monoisotopic (exact) mass is 696 g/mol. The standard InChI is InChI=1S/C50H36N2S/c1-53-48-29-13-10-25-44(48)50(43-24-9-12-28-47(43)52-46-27-11-8-22-41(46)42-23-15-26-45(50)49(42)52)37-17-14-16-36(34-37)35-30-32-40(33-31-35)51(38-18-4-2-5-19-38)39-20-6-3-7-21-39/h2-34H,1H3. The minimum atomic E-state index is -0.562. The van der Waals surface area contributed by atoms with Gasteiger partial charge in [0.25, 0.3) is 0 Å². The van der Waals surface area contributed by atoms with E-state index in [-0.39, 0.29) is 0 Å².